The summed E-state index contributed by atoms with van der Waals surface area (Å²) in [6.45, 7) is 4.49. The number of piperazine rings is 1. The molecule has 0 radical (unpaired) electrons. The molecule has 0 amide bonds. The van der Waals surface area contributed by atoms with Crippen LogP contribution in [0, 0.1) is 0 Å². The number of anilines is 1. The number of hydrogen-bond acceptors (Lipinski definition) is 5. The predicted molar refractivity (Wildman–Crippen MR) is 82.4 cm³/mol. The van der Waals surface area contributed by atoms with Gasteiger partial charge in [-0.1, -0.05) is 41.3 Å². The first-order chi connectivity index (χ1) is 9.31. The third kappa shape index (κ3) is 3.29. The lowest BCUT2D eigenvalue weighted by atomic mass is 10.3. The molecule has 0 aliphatic carbocycles. The molecule has 19 heavy (non-hydrogen) atoms. The maximum absolute atomic E-state index is 4.53. The van der Waals surface area contributed by atoms with Crippen LogP contribution in [0.4, 0.5) is 5.00 Å². The molecule has 0 N–H and O–H groups in total. The van der Waals surface area contributed by atoms with Gasteiger partial charge in [0.05, 0.1) is 6.20 Å². The fraction of sp³-hybridized carbons (Fsp3) is 0.357. The molecular formula is C14H17N3S2. The number of likely N-dealkylation sites (N-methyl/N-ethyl adjacent to an activating group) is 1. The largest absolute Gasteiger partial charge is 0.360 e. The Balaban J connectivity index is 1.66. The standard InChI is InChI=1S/C14H17N3S2/c1-16-7-9-17(10-8-16)13-11-15-14(19-13)18-12-5-3-2-4-6-12/h2-6,11H,7-10H2,1H3. The van der Waals surface area contributed by atoms with E-state index >= 15 is 0 Å². The van der Waals surface area contributed by atoms with E-state index < -0.39 is 0 Å². The van der Waals surface area contributed by atoms with Crippen molar-refractivity contribution in [1.82, 2.24) is 9.88 Å². The van der Waals surface area contributed by atoms with Gasteiger partial charge in [0.2, 0.25) is 0 Å². The Bertz CT molecular complexity index is 518. The highest BCUT2D eigenvalue weighted by molar-refractivity contribution is 8.01. The lowest BCUT2D eigenvalue weighted by Gasteiger charge is -2.32. The SMILES string of the molecule is CN1CCN(c2cnc(Sc3ccccc3)s2)CC1. The van der Waals surface area contributed by atoms with Crippen molar-refractivity contribution in [3.05, 3.63) is 36.5 Å². The molecule has 3 rings (SSSR count). The highest BCUT2D eigenvalue weighted by Gasteiger charge is 2.16. The molecule has 1 saturated heterocycles. The molecule has 1 aromatic heterocycles. The minimum atomic E-state index is 1.11. The van der Waals surface area contributed by atoms with E-state index in [0.717, 1.165) is 30.5 Å². The van der Waals surface area contributed by atoms with Crippen molar-refractivity contribution in [1.29, 1.82) is 0 Å². The van der Waals surface area contributed by atoms with Gasteiger partial charge in [-0.05, 0) is 19.2 Å². The molecule has 0 atom stereocenters. The first-order valence-electron chi connectivity index (χ1n) is 6.43. The van der Waals surface area contributed by atoms with Gasteiger partial charge in [-0.3, -0.25) is 0 Å². The molecule has 5 heteroatoms. The number of hydrogen-bond donors (Lipinski definition) is 0. The van der Waals surface area contributed by atoms with Gasteiger partial charge in [0, 0.05) is 31.1 Å². The minimum absolute atomic E-state index is 1.11. The summed E-state index contributed by atoms with van der Waals surface area (Å²) in [6, 6.07) is 10.4. The molecular weight excluding hydrogens is 274 g/mol. The zero-order chi connectivity index (χ0) is 13.1. The maximum Gasteiger partial charge on any atom is 0.156 e. The molecule has 100 valence electrons. The maximum atomic E-state index is 4.53. The van der Waals surface area contributed by atoms with Gasteiger partial charge < -0.3 is 9.80 Å². The number of aromatic nitrogens is 1. The summed E-state index contributed by atoms with van der Waals surface area (Å²) < 4.78 is 1.13. The molecule has 1 aliphatic rings. The number of rotatable bonds is 3. The smallest absolute Gasteiger partial charge is 0.156 e. The Labute approximate surface area is 122 Å². The van der Waals surface area contributed by atoms with Gasteiger partial charge in [-0.15, -0.1) is 0 Å². The van der Waals surface area contributed by atoms with Crippen molar-refractivity contribution in [3.8, 4) is 0 Å². The molecule has 1 fully saturated rings. The molecule has 1 aliphatic heterocycles. The average Bonchev–Trinajstić information content (AvgIpc) is 2.89. The van der Waals surface area contributed by atoms with Crippen LogP contribution < -0.4 is 4.90 Å². The van der Waals surface area contributed by atoms with E-state index in [1.54, 1.807) is 23.1 Å². The Hall–Kier alpha value is -1.04. The Kier molecular flexibility index (Phi) is 4.06. The van der Waals surface area contributed by atoms with Crippen LogP contribution in [0.15, 0.2) is 45.8 Å². The Morgan fingerprint density at radius 2 is 1.84 bits per heavy atom. The van der Waals surface area contributed by atoms with Crippen molar-refractivity contribution < 1.29 is 0 Å². The molecule has 0 spiro atoms. The van der Waals surface area contributed by atoms with Gasteiger partial charge >= 0.3 is 0 Å². The lowest BCUT2D eigenvalue weighted by Crippen LogP contribution is -2.44. The van der Waals surface area contributed by atoms with Gasteiger partial charge in [0.15, 0.2) is 4.34 Å². The molecule has 1 aromatic carbocycles. The van der Waals surface area contributed by atoms with E-state index in [2.05, 4.69) is 46.1 Å². The number of nitrogens with zero attached hydrogens (tertiary/aromatic N) is 3. The fourth-order valence-electron chi connectivity index (χ4n) is 2.06. The van der Waals surface area contributed by atoms with E-state index in [1.807, 2.05) is 12.3 Å². The molecule has 3 nitrogen and oxygen atoms in total. The normalized spacial score (nSPS) is 16.8. The zero-order valence-corrected chi connectivity index (χ0v) is 12.6. The quantitative estimate of drug-likeness (QED) is 0.865. The third-order valence-electron chi connectivity index (χ3n) is 3.24. The van der Waals surface area contributed by atoms with Crippen molar-refractivity contribution in [3.63, 3.8) is 0 Å². The van der Waals surface area contributed by atoms with Crippen LogP contribution >= 0.6 is 23.1 Å². The van der Waals surface area contributed by atoms with E-state index in [4.69, 9.17) is 0 Å². The number of benzene rings is 1. The Morgan fingerprint density at radius 3 is 2.58 bits per heavy atom. The fourth-order valence-corrected chi connectivity index (χ4v) is 4.07. The van der Waals surface area contributed by atoms with Crippen LogP contribution in [0.5, 0.6) is 0 Å². The number of thiazole rings is 1. The second-order valence-electron chi connectivity index (χ2n) is 4.67. The van der Waals surface area contributed by atoms with Gasteiger partial charge in [0.1, 0.15) is 5.00 Å². The van der Waals surface area contributed by atoms with E-state index in [-0.39, 0.29) is 0 Å². The molecule has 0 saturated carbocycles. The van der Waals surface area contributed by atoms with Crippen LogP contribution in [0.2, 0.25) is 0 Å². The van der Waals surface area contributed by atoms with Crippen molar-refractivity contribution >= 4 is 28.1 Å². The van der Waals surface area contributed by atoms with Crippen LogP contribution in [-0.2, 0) is 0 Å². The monoisotopic (exact) mass is 291 g/mol. The van der Waals surface area contributed by atoms with E-state index in [1.165, 1.54) is 9.90 Å². The first-order valence-corrected chi connectivity index (χ1v) is 8.07. The predicted octanol–water partition coefficient (Wildman–Crippen LogP) is 3.05. The second-order valence-corrected chi connectivity index (χ2v) is 7.00. The summed E-state index contributed by atoms with van der Waals surface area (Å²) in [7, 11) is 2.18. The summed E-state index contributed by atoms with van der Waals surface area (Å²) >= 11 is 3.54. The molecule has 2 heterocycles. The van der Waals surface area contributed by atoms with Crippen LogP contribution in [0.3, 0.4) is 0 Å². The van der Waals surface area contributed by atoms with Crippen molar-refractivity contribution in [2.24, 2.45) is 0 Å². The highest BCUT2D eigenvalue weighted by atomic mass is 32.2. The van der Waals surface area contributed by atoms with Crippen LogP contribution in [0.1, 0.15) is 0 Å². The molecule has 0 bridgehead atoms. The summed E-state index contributed by atoms with van der Waals surface area (Å²) in [6.07, 6.45) is 2.02. The lowest BCUT2D eigenvalue weighted by molar-refractivity contribution is 0.313. The van der Waals surface area contributed by atoms with E-state index in [9.17, 15) is 0 Å². The topological polar surface area (TPSA) is 19.4 Å². The van der Waals surface area contributed by atoms with Crippen molar-refractivity contribution in [2.45, 2.75) is 9.24 Å². The highest BCUT2D eigenvalue weighted by Crippen LogP contribution is 2.34. The summed E-state index contributed by atoms with van der Waals surface area (Å²) in [5.74, 6) is 0. The van der Waals surface area contributed by atoms with Gasteiger partial charge in [-0.2, -0.15) is 0 Å². The van der Waals surface area contributed by atoms with Crippen LogP contribution in [0.25, 0.3) is 0 Å². The van der Waals surface area contributed by atoms with Gasteiger partial charge in [0.25, 0.3) is 0 Å². The summed E-state index contributed by atoms with van der Waals surface area (Å²) in [5.41, 5.74) is 0. The van der Waals surface area contributed by atoms with Crippen molar-refractivity contribution in [2.75, 3.05) is 38.1 Å². The summed E-state index contributed by atoms with van der Waals surface area (Å²) in [5, 5.41) is 1.30. The first kappa shape index (κ1) is 13.0. The Morgan fingerprint density at radius 1 is 1.11 bits per heavy atom. The van der Waals surface area contributed by atoms with Gasteiger partial charge in [-0.25, -0.2) is 4.98 Å². The third-order valence-corrected chi connectivity index (χ3v) is 5.38. The molecule has 0 unspecified atom stereocenters. The van der Waals surface area contributed by atoms with E-state index in [0.29, 0.717) is 0 Å². The molecule has 2 aromatic rings. The zero-order valence-electron chi connectivity index (χ0n) is 11.0. The summed E-state index contributed by atoms with van der Waals surface area (Å²) in [4.78, 5) is 10.6. The average molecular weight is 291 g/mol. The second kappa shape index (κ2) is 5.94. The minimum Gasteiger partial charge on any atom is -0.360 e. The van der Waals surface area contributed by atoms with Crippen LogP contribution in [-0.4, -0.2) is 43.1 Å².